The maximum atomic E-state index is 13.8. The fourth-order valence-corrected chi connectivity index (χ4v) is 1.49. The van der Waals surface area contributed by atoms with Crippen molar-refractivity contribution in [1.29, 1.82) is 0 Å². The van der Waals surface area contributed by atoms with E-state index in [4.69, 9.17) is 0 Å². The maximum absolute atomic E-state index is 13.8. The molecule has 4 nitrogen and oxygen atoms in total. The van der Waals surface area contributed by atoms with Crippen molar-refractivity contribution in [2.75, 3.05) is 0 Å². The van der Waals surface area contributed by atoms with Gasteiger partial charge in [0.2, 0.25) is 0 Å². The van der Waals surface area contributed by atoms with Gasteiger partial charge in [0.25, 0.3) is 0 Å². The van der Waals surface area contributed by atoms with E-state index in [0.29, 0.717) is 0 Å². The third kappa shape index (κ3) is 3.96. The van der Waals surface area contributed by atoms with Crippen LogP contribution in [0.15, 0.2) is 0 Å². The smallest absolute Gasteiger partial charge is 0.305 e. The second-order valence-electron chi connectivity index (χ2n) is 4.24. The number of carbonyl (C=O) groups excluding carboxylic acids is 2. The van der Waals surface area contributed by atoms with Gasteiger partial charge in [0.05, 0.1) is 11.1 Å². The van der Waals surface area contributed by atoms with Crippen molar-refractivity contribution in [1.82, 2.24) is 0 Å². The molecule has 1 aromatic carbocycles. The zero-order chi connectivity index (χ0) is 16.9. The molecule has 8 heteroatoms. The Balaban J connectivity index is 3.09. The first-order valence-corrected chi connectivity index (χ1v) is 6.48. The lowest BCUT2D eigenvalue weighted by Crippen LogP contribution is -2.13. The molecule has 0 N–H and O–H groups in total. The van der Waals surface area contributed by atoms with Crippen LogP contribution in [0.2, 0.25) is 0 Å². The summed E-state index contributed by atoms with van der Waals surface area (Å²) in [6.45, 7) is 1.02. The molecule has 0 saturated heterocycles. The molecule has 0 unspecified atom stereocenters. The molecule has 0 aliphatic heterocycles. The summed E-state index contributed by atoms with van der Waals surface area (Å²) in [6, 6.07) is 0. The van der Waals surface area contributed by atoms with Gasteiger partial charge in [-0.15, -0.1) is 0 Å². The molecule has 122 valence electrons. The van der Waals surface area contributed by atoms with Crippen LogP contribution in [0.4, 0.5) is 17.6 Å². The molecule has 0 aliphatic carbocycles. The van der Waals surface area contributed by atoms with Gasteiger partial charge in [-0.25, -0.2) is 17.6 Å². The minimum absolute atomic E-state index is 0.0563. The summed E-state index contributed by atoms with van der Waals surface area (Å²) in [6.07, 6.45) is -0.113. The predicted molar refractivity (Wildman–Crippen MR) is 66.4 cm³/mol. The van der Waals surface area contributed by atoms with Crippen molar-refractivity contribution in [3.05, 3.63) is 34.4 Å². The van der Waals surface area contributed by atoms with Crippen LogP contribution < -0.4 is 0 Å². The Bertz CT molecular complexity index is 507. The number of rotatable bonds is 6. The average Bonchev–Trinajstić information content (AvgIpc) is 2.52. The molecule has 22 heavy (non-hydrogen) atoms. The molecule has 0 fully saturated rings. The van der Waals surface area contributed by atoms with E-state index in [0.717, 1.165) is 0 Å². The second kappa shape index (κ2) is 7.77. The normalized spacial score (nSPS) is 10.5. The Labute approximate surface area is 124 Å². The molecule has 0 aliphatic rings. The number of esters is 2. The minimum atomic E-state index is -1.69. The summed E-state index contributed by atoms with van der Waals surface area (Å²) >= 11 is 0. The summed E-state index contributed by atoms with van der Waals surface area (Å²) in [5, 5.41) is 0. The summed E-state index contributed by atoms with van der Waals surface area (Å²) in [5.74, 6) is -8.31. The Hall–Kier alpha value is -2.12. The predicted octanol–water partition coefficient (Wildman–Crippen LogP) is 3.15. The molecule has 0 radical (unpaired) electrons. The van der Waals surface area contributed by atoms with Crippen molar-refractivity contribution in [3.8, 4) is 0 Å². The van der Waals surface area contributed by atoms with E-state index in [2.05, 4.69) is 9.47 Å². The van der Waals surface area contributed by atoms with Crippen LogP contribution in [-0.4, -0.2) is 11.9 Å². The van der Waals surface area contributed by atoms with Gasteiger partial charge in [0.15, 0.2) is 23.3 Å². The third-order valence-corrected chi connectivity index (χ3v) is 2.78. The van der Waals surface area contributed by atoms with E-state index in [9.17, 15) is 27.2 Å². The van der Waals surface area contributed by atoms with Crippen LogP contribution in [0.5, 0.6) is 0 Å². The molecule has 0 saturated carbocycles. The van der Waals surface area contributed by atoms with Crippen LogP contribution in [0.25, 0.3) is 0 Å². The van der Waals surface area contributed by atoms with E-state index >= 15 is 0 Å². The molecule has 1 rings (SSSR count). The molecule has 0 heterocycles. The highest BCUT2D eigenvalue weighted by Gasteiger charge is 2.26. The van der Waals surface area contributed by atoms with Gasteiger partial charge in [0.1, 0.15) is 13.2 Å². The van der Waals surface area contributed by atoms with Gasteiger partial charge >= 0.3 is 11.9 Å². The minimum Gasteiger partial charge on any atom is -0.461 e. The number of benzene rings is 1. The fourth-order valence-electron chi connectivity index (χ4n) is 1.49. The van der Waals surface area contributed by atoms with Crippen molar-refractivity contribution >= 4 is 11.9 Å². The summed E-state index contributed by atoms with van der Waals surface area (Å²) in [5.41, 5.74) is -2.08. The molecule has 0 amide bonds. The molecule has 0 bridgehead atoms. The van der Waals surface area contributed by atoms with E-state index in [1.54, 1.807) is 0 Å². The topological polar surface area (TPSA) is 52.6 Å². The lowest BCUT2D eigenvalue weighted by molar-refractivity contribution is -0.145. The zero-order valence-electron chi connectivity index (χ0n) is 12.0. The first-order valence-electron chi connectivity index (χ1n) is 6.48. The van der Waals surface area contributed by atoms with Gasteiger partial charge in [-0.05, 0) is 0 Å². The Kier molecular flexibility index (Phi) is 6.33. The zero-order valence-corrected chi connectivity index (χ0v) is 12.0. The number of hydrogen-bond donors (Lipinski definition) is 0. The van der Waals surface area contributed by atoms with Crippen LogP contribution >= 0.6 is 0 Å². The summed E-state index contributed by atoms with van der Waals surface area (Å²) in [4.78, 5) is 21.9. The highest BCUT2D eigenvalue weighted by atomic mass is 19.2. The van der Waals surface area contributed by atoms with Gasteiger partial charge in [-0.3, -0.25) is 9.59 Å². The SMILES string of the molecule is CCC(=O)OCc1c(F)c(F)c(COC(=O)CC)c(F)c1F. The van der Waals surface area contributed by atoms with Gasteiger partial charge in [0, 0.05) is 12.8 Å². The fraction of sp³-hybridized carbons (Fsp3) is 0.429. The van der Waals surface area contributed by atoms with Crippen LogP contribution in [0.1, 0.15) is 37.8 Å². The van der Waals surface area contributed by atoms with E-state index < -0.39 is 59.5 Å². The molecule has 1 aromatic rings. The molecule has 0 spiro atoms. The number of ether oxygens (including phenoxy) is 2. The monoisotopic (exact) mass is 322 g/mol. The Morgan fingerprint density at radius 3 is 1.23 bits per heavy atom. The molecular formula is C14H14F4O4. The first-order chi connectivity index (χ1) is 10.3. The lowest BCUT2D eigenvalue weighted by Gasteiger charge is -2.12. The largest absolute Gasteiger partial charge is 0.461 e. The van der Waals surface area contributed by atoms with Gasteiger partial charge in [-0.2, -0.15) is 0 Å². The first kappa shape index (κ1) is 17.9. The average molecular weight is 322 g/mol. The quantitative estimate of drug-likeness (QED) is 0.459. The van der Waals surface area contributed by atoms with Crippen LogP contribution in [0.3, 0.4) is 0 Å². The van der Waals surface area contributed by atoms with Crippen molar-refractivity contribution in [3.63, 3.8) is 0 Å². The lowest BCUT2D eigenvalue weighted by atomic mass is 10.1. The molecule has 0 aromatic heterocycles. The maximum Gasteiger partial charge on any atom is 0.305 e. The molecule has 0 atom stereocenters. The van der Waals surface area contributed by atoms with Crippen molar-refractivity contribution in [2.24, 2.45) is 0 Å². The number of halogens is 4. The molecular weight excluding hydrogens is 308 g/mol. The second-order valence-corrected chi connectivity index (χ2v) is 4.24. The van der Waals surface area contributed by atoms with E-state index in [1.165, 1.54) is 13.8 Å². The third-order valence-electron chi connectivity index (χ3n) is 2.78. The van der Waals surface area contributed by atoms with Crippen molar-refractivity contribution < 1.29 is 36.6 Å². The summed E-state index contributed by atoms with van der Waals surface area (Å²) < 4.78 is 63.9. The highest BCUT2D eigenvalue weighted by Crippen LogP contribution is 2.25. The van der Waals surface area contributed by atoms with Gasteiger partial charge in [-0.1, -0.05) is 13.8 Å². The standard InChI is InChI=1S/C14H14F4O4/c1-3-9(19)21-5-7-11(15)13(17)8(14(18)12(7)16)6-22-10(20)4-2/h3-6H2,1-2H3. The van der Waals surface area contributed by atoms with Crippen molar-refractivity contribution in [2.45, 2.75) is 39.9 Å². The van der Waals surface area contributed by atoms with Crippen LogP contribution in [0, 0.1) is 23.3 Å². The highest BCUT2D eigenvalue weighted by molar-refractivity contribution is 5.69. The van der Waals surface area contributed by atoms with E-state index in [-0.39, 0.29) is 12.8 Å². The Morgan fingerprint density at radius 1 is 0.727 bits per heavy atom. The van der Waals surface area contributed by atoms with Gasteiger partial charge < -0.3 is 9.47 Å². The van der Waals surface area contributed by atoms with E-state index in [1.807, 2.05) is 0 Å². The summed E-state index contributed by atoms with van der Waals surface area (Å²) in [7, 11) is 0. The number of hydrogen-bond acceptors (Lipinski definition) is 4. The van der Waals surface area contributed by atoms with Crippen LogP contribution in [-0.2, 0) is 32.3 Å². The number of carbonyl (C=O) groups is 2. The Morgan fingerprint density at radius 2 is 1.00 bits per heavy atom.